The van der Waals surface area contributed by atoms with Crippen molar-refractivity contribution in [3.8, 4) is 5.69 Å². The molecule has 1 aromatic carbocycles. The molecule has 18 heavy (non-hydrogen) atoms. The first-order chi connectivity index (χ1) is 8.61. The van der Waals surface area contributed by atoms with E-state index in [0.717, 1.165) is 16.7 Å². The van der Waals surface area contributed by atoms with Crippen LogP contribution in [0.3, 0.4) is 0 Å². The maximum atomic E-state index is 6.16. The second-order valence-corrected chi connectivity index (χ2v) is 5.38. The predicted molar refractivity (Wildman–Crippen MR) is 76.5 cm³/mol. The molecule has 0 amide bonds. The average Bonchev–Trinajstić information content (AvgIpc) is 2.73. The van der Waals surface area contributed by atoms with Crippen LogP contribution in [0.4, 0.5) is 0 Å². The van der Waals surface area contributed by atoms with Gasteiger partial charge < -0.3 is 5.32 Å². The summed E-state index contributed by atoms with van der Waals surface area (Å²) in [6, 6.07) is 3.54. The molecule has 7 heteroatoms. The van der Waals surface area contributed by atoms with Crippen molar-refractivity contribution in [2.24, 2.45) is 0 Å². The lowest BCUT2D eigenvalue weighted by atomic mass is 10.3. The maximum absolute atomic E-state index is 6.16. The fraction of sp³-hybridized carbons (Fsp3) is 0.273. The summed E-state index contributed by atoms with van der Waals surface area (Å²) in [7, 11) is 0. The van der Waals surface area contributed by atoms with Gasteiger partial charge in [-0.15, -0.1) is 5.10 Å². The zero-order valence-corrected chi connectivity index (χ0v) is 12.7. The van der Waals surface area contributed by atoms with E-state index in [0.29, 0.717) is 22.3 Å². The third-order valence-electron chi connectivity index (χ3n) is 2.31. The van der Waals surface area contributed by atoms with Gasteiger partial charge >= 0.3 is 0 Å². The third-order valence-corrected chi connectivity index (χ3v) is 3.34. The minimum absolute atomic E-state index is 0.522. The van der Waals surface area contributed by atoms with Gasteiger partial charge in [0.05, 0.1) is 21.9 Å². The molecule has 96 valence electrons. The number of hydrogen-bond acceptors (Lipinski definition) is 3. The summed E-state index contributed by atoms with van der Waals surface area (Å²) >= 11 is 15.7. The number of benzene rings is 1. The van der Waals surface area contributed by atoms with Crippen LogP contribution in [0.2, 0.25) is 10.0 Å². The number of nitrogens with zero attached hydrogens (tertiary/aromatic N) is 3. The zero-order valence-electron chi connectivity index (χ0n) is 9.62. The largest absolute Gasteiger partial charge is 0.311 e. The van der Waals surface area contributed by atoms with Crippen LogP contribution in [0.5, 0.6) is 0 Å². The summed E-state index contributed by atoms with van der Waals surface area (Å²) in [4.78, 5) is 0. The topological polar surface area (TPSA) is 42.7 Å². The number of hydrogen-bond donors (Lipinski definition) is 1. The van der Waals surface area contributed by atoms with Crippen molar-refractivity contribution in [2.75, 3.05) is 6.54 Å². The number of nitrogens with one attached hydrogen (secondary N) is 1. The molecular weight excluding hydrogens is 339 g/mol. The van der Waals surface area contributed by atoms with E-state index >= 15 is 0 Å². The van der Waals surface area contributed by atoms with Crippen LogP contribution in [-0.2, 0) is 6.54 Å². The number of halogens is 3. The highest BCUT2D eigenvalue weighted by atomic mass is 79.9. The van der Waals surface area contributed by atoms with E-state index in [-0.39, 0.29) is 0 Å². The summed E-state index contributed by atoms with van der Waals surface area (Å²) in [5, 5.41) is 12.3. The Morgan fingerprint density at radius 1 is 1.33 bits per heavy atom. The summed E-state index contributed by atoms with van der Waals surface area (Å²) in [6.45, 7) is 3.59. The number of aromatic nitrogens is 3. The smallest absolute Gasteiger partial charge is 0.104 e. The fourth-order valence-corrected chi connectivity index (χ4v) is 2.88. The quantitative estimate of drug-likeness (QED) is 0.919. The van der Waals surface area contributed by atoms with Gasteiger partial charge in [-0.2, -0.15) is 0 Å². The normalized spacial score (nSPS) is 10.9. The number of rotatable bonds is 4. The molecule has 0 radical (unpaired) electrons. The van der Waals surface area contributed by atoms with Crippen LogP contribution < -0.4 is 5.32 Å². The van der Waals surface area contributed by atoms with Crippen molar-refractivity contribution in [1.82, 2.24) is 20.3 Å². The van der Waals surface area contributed by atoms with Gasteiger partial charge in [-0.1, -0.05) is 51.3 Å². The van der Waals surface area contributed by atoms with Crippen molar-refractivity contribution in [1.29, 1.82) is 0 Å². The molecule has 1 aromatic heterocycles. The van der Waals surface area contributed by atoms with Crippen molar-refractivity contribution in [2.45, 2.75) is 13.5 Å². The van der Waals surface area contributed by atoms with E-state index in [1.54, 1.807) is 16.8 Å². The first-order valence-electron chi connectivity index (χ1n) is 5.38. The Bertz CT molecular complexity index is 533. The van der Waals surface area contributed by atoms with Gasteiger partial charge in [-0.25, -0.2) is 4.68 Å². The summed E-state index contributed by atoms with van der Waals surface area (Å²) in [5.74, 6) is 0. The van der Waals surface area contributed by atoms with Crippen LogP contribution >= 0.6 is 39.1 Å². The highest BCUT2D eigenvalue weighted by Gasteiger charge is 2.11. The van der Waals surface area contributed by atoms with E-state index < -0.39 is 0 Å². The first-order valence-corrected chi connectivity index (χ1v) is 6.93. The highest BCUT2D eigenvalue weighted by molar-refractivity contribution is 9.10. The molecule has 0 unspecified atom stereocenters. The molecule has 1 heterocycles. The third kappa shape index (κ3) is 3.03. The first kappa shape index (κ1) is 13.8. The molecule has 0 fully saturated rings. The lowest BCUT2D eigenvalue weighted by Crippen LogP contribution is -2.11. The standard InChI is InChI=1S/C11H11BrCl2N4/c1-2-15-5-8-6-18(17-16-8)11-9(13)3-7(12)4-10(11)14/h3-4,6,15H,2,5H2,1H3. The van der Waals surface area contributed by atoms with Crippen molar-refractivity contribution < 1.29 is 0 Å². The summed E-state index contributed by atoms with van der Waals surface area (Å²) in [6.07, 6.45) is 1.81. The Kier molecular flexibility index (Phi) is 4.61. The average molecular weight is 350 g/mol. The van der Waals surface area contributed by atoms with Crippen LogP contribution in [-0.4, -0.2) is 21.5 Å². The monoisotopic (exact) mass is 348 g/mol. The summed E-state index contributed by atoms with van der Waals surface area (Å²) in [5.41, 5.74) is 1.48. The van der Waals surface area contributed by atoms with Gasteiger partial charge in [0.2, 0.25) is 0 Å². The predicted octanol–water partition coefficient (Wildman–Crippen LogP) is 3.45. The lowest BCUT2D eigenvalue weighted by molar-refractivity contribution is 0.705. The molecule has 0 aliphatic heterocycles. The molecule has 0 bridgehead atoms. The van der Waals surface area contributed by atoms with Crippen LogP contribution in [0.1, 0.15) is 12.6 Å². The molecule has 0 saturated heterocycles. The SMILES string of the molecule is CCNCc1cn(-c2c(Cl)cc(Br)cc2Cl)nn1. The minimum Gasteiger partial charge on any atom is -0.311 e. The molecule has 0 saturated carbocycles. The van der Waals surface area contributed by atoms with Crippen molar-refractivity contribution >= 4 is 39.1 Å². The van der Waals surface area contributed by atoms with Crippen LogP contribution in [0.25, 0.3) is 5.69 Å². The second-order valence-electron chi connectivity index (χ2n) is 3.65. The van der Waals surface area contributed by atoms with E-state index in [9.17, 15) is 0 Å². The minimum atomic E-state index is 0.522. The fourth-order valence-electron chi connectivity index (χ4n) is 1.50. The van der Waals surface area contributed by atoms with Crippen LogP contribution in [0, 0.1) is 0 Å². The Hall–Kier alpha value is -0.620. The van der Waals surface area contributed by atoms with E-state index in [1.165, 1.54) is 0 Å². The maximum Gasteiger partial charge on any atom is 0.104 e. The lowest BCUT2D eigenvalue weighted by Gasteiger charge is -2.06. The van der Waals surface area contributed by atoms with Gasteiger partial charge in [0, 0.05) is 11.0 Å². The molecule has 1 N–H and O–H groups in total. The van der Waals surface area contributed by atoms with Gasteiger partial charge in [-0.05, 0) is 18.7 Å². The molecule has 0 atom stereocenters. The zero-order chi connectivity index (χ0) is 13.1. The van der Waals surface area contributed by atoms with Crippen LogP contribution in [0.15, 0.2) is 22.8 Å². The van der Waals surface area contributed by atoms with E-state index in [1.807, 2.05) is 13.1 Å². The molecule has 0 spiro atoms. The highest BCUT2D eigenvalue weighted by Crippen LogP contribution is 2.31. The molecule has 2 rings (SSSR count). The molecule has 2 aromatic rings. The van der Waals surface area contributed by atoms with Gasteiger partial charge in [0.15, 0.2) is 0 Å². The molecule has 4 nitrogen and oxygen atoms in total. The van der Waals surface area contributed by atoms with E-state index in [4.69, 9.17) is 23.2 Å². The van der Waals surface area contributed by atoms with Crippen molar-refractivity contribution in [3.05, 3.63) is 38.5 Å². The molecule has 0 aliphatic rings. The Morgan fingerprint density at radius 3 is 2.61 bits per heavy atom. The second kappa shape index (κ2) is 6.02. The molecule has 0 aliphatic carbocycles. The summed E-state index contributed by atoms with van der Waals surface area (Å²) < 4.78 is 2.42. The van der Waals surface area contributed by atoms with Crippen molar-refractivity contribution in [3.63, 3.8) is 0 Å². The van der Waals surface area contributed by atoms with E-state index in [2.05, 4.69) is 31.6 Å². The molecular formula is C11H11BrCl2N4. The Balaban J connectivity index is 2.34. The van der Waals surface area contributed by atoms with Gasteiger partial charge in [-0.3, -0.25) is 0 Å². The Morgan fingerprint density at radius 2 is 2.00 bits per heavy atom. The Labute approximate surface area is 123 Å². The van der Waals surface area contributed by atoms with Gasteiger partial charge in [0.1, 0.15) is 5.69 Å². The van der Waals surface area contributed by atoms with Gasteiger partial charge in [0.25, 0.3) is 0 Å².